The number of aliphatic carboxylic acids is 1. The highest BCUT2D eigenvalue weighted by Gasteiger charge is 2.18. The van der Waals surface area contributed by atoms with Crippen molar-refractivity contribution >= 4 is 23.4 Å². The zero-order valence-corrected chi connectivity index (χ0v) is 11.1. The average molecular weight is 286 g/mol. The van der Waals surface area contributed by atoms with E-state index in [-0.39, 0.29) is 17.9 Å². The summed E-state index contributed by atoms with van der Waals surface area (Å²) in [4.78, 5) is 23.5. The fourth-order valence-electron chi connectivity index (χ4n) is 1.98. The van der Waals surface area contributed by atoms with Gasteiger partial charge in [-0.3, -0.25) is 9.69 Å². The van der Waals surface area contributed by atoms with Crippen LogP contribution < -0.4 is 10.6 Å². The van der Waals surface area contributed by atoms with Crippen LogP contribution in [0.25, 0.3) is 0 Å². The number of carboxylic acids is 1. The zero-order chi connectivity index (χ0) is 15.4. The number of anilines is 2. The third-order valence-corrected chi connectivity index (χ3v) is 2.89. The third-order valence-electron chi connectivity index (χ3n) is 2.89. The molecule has 0 aliphatic heterocycles. The molecular weight excluding hydrogens is 272 g/mol. The second-order valence-corrected chi connectivity index (χ2v) is 4.40. The number of para-hydroxylation sites is 2. The molecule has 0 aliphatic carbocycles. The Kier molecular flexibility index (Phi) is 4.08. The molecule has 0 saturated heterocycles. The maximum absolute atomic E-state index is 11.7. The molecule has 0 saturated carbocycles. The van der Waals surface area contributed by atoms with Crippen LogP contribution in [-0.4, -0.2) is 22.2 Å². The highest BCUT2D eigenvalue weighted by molar-refractivity contribution is 5.99. The molecule has 2 rings (SSSR count). The standard InChI is InChI=1S/C15H14N2O4/c16-15(21)17(12-3-1-2-4-13(12)18)11-7-5-10(6-8-11)9-14(19)20/h1-8,18H,9H2,(H2,16,21)(H,19,20). The number of nitrogens with zero attached hydrogens (tertiary/aromatic N) is 1. The van der Waals surface area contributed by atoms with E-state index in [0.717, 1.165) is 4.90 Å². The van der Waals surface area contributed by atoms with E-state index in [0.29, 0.717) is 11.3 Å². The molecule has 0 atom stereocenters. The summed E-state index contributed by atoms with van der Waals surface area (Å²) in [6, 6.07) is 11.9. The number of urea groups is 1. The van der Waals surface area contributed by atoms with Gasteiger partial charge >= 0.3 is 12.0 Å². The normalized spacial score (nSPS) is 10.1. The lowest BCUT2D eigenvalue weighted by Gasteiger charge is -2.21. The Morgan fingerprint density at radius 1 is 1.05 bits per heavy atom. The van der Waals surface area contributed by atoms with Crippen LogP contribution in [0.1, 0.15) is 5.56 Å². The zero-order valence-electron chi connectivity index (χ0n) is 11.1. The number of phenolic OH excluding ortho intramolecular Hbond substituents is 1. The van der Waals surface area contributed by atoms with Crippen LogP contribution in [0, 0.1) is 0 Å². The maximum Gasteiger partial charge on any atom is 0.324 e. The monoisotopic (exact) mass is 286 g/mol. The van der Waals surface area contributed by atoms with Gasteiger partial charge in [0.05, 0.1) is 17.8 Å². The number of phenols is 1. The number of nitrogens with two attached hydrogens (primary N) is 1. The van der Waals surface area contributed by atoms with Crippen LogP contribution in [0.15, 0.2) is 48.5 Å². The minimum absolute atomic E-state index is 0.0779. The van der Waals surface area contributed by atoms with Crippen molar-refractivity contribution in [1.29, 1.82) is 0 Å². The van der Waals surface area contributed by atoms with Crippen molar-refractivity contribution in [1.82, 2.24) is 0 Å². The molecule has 2 aromatic rings. The van der Waals surface area contributed by atoms with E-state index in [1.165, 1.54) is 6.07 Å². The van der Waals surface area contributed by atoms with E-state index < -0.39 is 12.0 Å². The lowest BCUT2D eigenvalue weighted by atomic mass is 10.1. The number of benzene rings is 2. The summed E-state index contributed by atoms with van der Waals surface area (Å²) in [5, 5.41) is 18.6. The fourth-order valence-corrected chi connectivity index (χ4v) is 1.98. The molecule has 0 fully saturated rings. The number of hydrogen-bond donors (Lipinski definition) is 3. The highest BCUT2D eigenvalue weighted by atomic mass is 16.4. The minimum Gasteiger partial charge on any atom is -0.506 e. The van der Waals surface area contributed by atoms with Crippen molar-refractivity contribution in [2.24, 2.45) is 5.73 Å². The van der Waals surface area contributed by atoms with Crippen molar-refractivity contribution < 1.29 is 19.8 Å². The van der Waals surface area contributed by atoms with Crippen LogP contribution in [-0.2, 0) is 11.2 Å². The van der Waals surface area contributed by atoms with E-state index >= 15 is 0 Å². The average Bonchev–Trinajstić information content (AvgIpc) is 2.42. The summed E-state index contributed by atoms with van der Waals surface area (Å²) < 4.78 is 0. The van der Waals surface area contributed by atoms with E-state index in [4.69, 9.17) is 10.8 Å². The largest absolute Gasteiger partial charge is 0.506 e. The molecule has 0 bridgehead atoms. The van der Waals surface area contributed by atoms with Crippen molar-refractivity contribution in [3.63, 3.8) is 0 Å². The molecule has 0 unspecified atom stereocenters. The molecular formula is C15H14N2O4. The van der Waals surface area contributed by atoms with E-state index in [9.17, 15) is 14.7 Å². The van der Waals surface area contributed by atoms with Crippen molar-refractivity contribution in [3.8, 4) is 5.75 Å². The number of primary amides is 1. The summed E-state index contributed by atoms with van der Waals surface area (Å²) >= 11 is 0. The SMILES string of the molecule is NC(=O)N(c1ccc(CC(=O)O)cc1)c1ccccc1O. The van der Waals surface area contributed by atoms with Gasteiger partial charge in [0.25, 0.3) is 0 Å². The van der Waals surface area contributed by atoms with Gasteiger partial charge in [-0.1, -0.05) is 24.3 Å². The molecule has 0 radical (unpaired) electrons. The van der Waals surface area contributed by atoms with Crippen molar-refractivity contribution in [2.45, 2.75) is 6.42 Å². The number of hydrogen-bond acceptors (Lipinski definition) is 3. The first-order valence-electron chi connectivity index (χ1n) is 6.17. The Morgan fingerprint density at radius 3 is 2.19 bits per heavy atom. The van der Waals surface area contributed by atoms with Gasteiger partial charge in [0.1, 0.15) is 5.75 Å². The molecule has 108 valence electrons. The molecule has 6 nitrogen and oxygen atoms in total. The minimum atomic E-state index is -0.935. The Bertz CT molecular complexity index is 668. The Labute approximate surface area is 121 Å². The molecule has 0 spiro atoms. The number of rotatable bonds is 4. The topological polar surface area (TPSA) is 104 Å². The van der Waals surface area contributed by atoms with Crippen LogP contribution in [0.5, 0.6) is 5.75 Å². The Hall–Kier alpha value is -3.02. The third kappa shape index (κ3) is 3.30. The quantitative estimate of drug-likeness (QED) is 0.801. The van der Waals surface area contributed by atoms with Crippen LogP contribution in [0.4, 0.5) is 16.2 Å². The molecule has 4 N–H and O–H groups in total. The van der Waals surface area contributed by atoms with Gasteiger partial charge in [-0.25, -0.2) is 4.79 Å². The number of aromatic hydroxyl groups is 1. The predicted molar refractivity (Wildman–Crippen MR) is 77.6 cm³/mol. The summed E-state index contributed by atoms with van der Waals surface area (Å²) in [5.74, 6) is -1.01. The first kappa shape index (κ1) is 14.4. The van der Waals surface area contributed by atoms with Crippen LogP contribution in [0.2, 0.25) is 0 Å². The lowest BCUT2D eigenvalue weighted by molar-refractivity contribution is -0.136. The Balaban J connectivity index is 2.38. The molecule has 2 aromatic carbocycles. The van der Waals surface area contributed by atoms with Crippen LogP contribution in [0.3, 0.4) is 0 Å². The first-order chi connectivity index (χ1) is 9.99. The van der Waals surface area contributed by atoms with E-state index in [2.05, 4.69) is 0 Å². The van der Waals surface area contributed by atoms with Gasteiger partial charge in [-0.15, -0.1) is 0 Å². The van der Waals surface area contributed by atoms with Crippen LogP contribution >= 0.6 is 0 Å². The van der Waals surface area contributed by atoms with Gasteiger partial charge in [0.2, 0.25) is 0 Å². The molecule has 6 heteroatoms. The summed E-state index contributed by atoms with van der Waals surface area (Å²) in [5.41, 5.74) is 6.68. The molecule has 0 aliphatic rings. The predicted octanol–water partition coefficient (Wildman–Crippen LogP) is 2.24. The smallest absolute Gasteiger partial charge is 0.324 e. The summed E-state index contributed by atoms with van der Waals surface area (Å²) in [7, 11) is 0. The summed E-state index contributed by atoms with van der Waals surface area (Å²) in [6.45, 7) is 0. The number of carbonyl (C=O) groups excluding carboxylic acids is 1. The second-order valence-electron chi connectivity index (χ2n) is 4.40. The van der Waals surface area contributed by atoms with E-state index in [1.807, 2.05) is 0 Å². The lowest BCUT2D eigenvalue weighted by Crippen LogP contribution is -2.31. The molecule has 21 heavy (non-hydrogen) atoms. The fraction of sp³-hybridized carbons (Fsp3) is 0.0667. The number of carboxylic acid groups (broad SMARTS) is 1. The summed E-state index contributed by atoms with van der Waals surface area (Å²) in [6.07, 6.45) is -0.104. The van der Waals surface area contributed by atoms with Gasteiger partial charge in [0.15, 0.2) is 0 Å². The van der Waals surface area contributed by atoms with Gasteiger partial charge in [0, 0.05) is 0 Å². The number of carbonyl (C=O) groups is 2. The highest BCUT2D eigenvalue weighted by Crippen LogP contribution is 2.32. The second kappa shape index (κ2) is 5.96. The van der Waals surface area contributed by atoms with Gasteiger partial charge in [-0.2, -0.15) is 0 Å². The van der Waals surface area contributed by atoms with Crippen molar-refractivity contribution in [2.75, 3.05) is 4.90 Å². The Morgan fingerprint density at radius 2 is 1.67 bits per heavy atom. The first-order valence-corrected chi connectivity index (χ1v) is 6.17. The van der Waals surface area contributed by atoms with E-state index in [1.54, 1.807) is 42.5 Å². The number of amides is 2. The molecule has 2 amide bonds. The van der Waals surface area contributed by atoms with Gasteiger partial charge < -0.3 is 15.9 Å². The van der Waals surface area contributed by atoms with Crippen molar-refractivity contribution in [3.05, 3.63) is 54.1 Å². The maximum atomic E-state index is 11.7. The van der Waals surface area contributed by atoms with Gasteiger partial charge in [-0.05, 0) is 29.8 Å². The molecule has 0 heterocycles. The molecule has 0 aromatic heterocycles.